The maximum Gasteiger partial charge on any atom is 0.308 e. The van der Waals surface area contributed by atoms with Crippen molar-refractivity contribution in [2.45, 2.75) is 52.0 Å². The molecule has 1 aliphatic rings. The predicted molar refractivity (Wildman–Crippen MR) is 78.3 cm³/mol. The summed E-state index contributed by atoms with van der Waals surface area (Å²) in [4.78, 5) is 22.9. The number of rotatable bonds is 5. The van der Waals surface area contributed by atoms with Gasteiger partial charge in [-0.3, -0.25) is 14.3 Å². The van der Waals surface area contributed by atoms with E-state index >= 15 is 0 Å². The van der Waals surface area contributed by atoms with Gasteiger partial charge in [0.25, 0.3) is 5.91 Å². The van der Waals surface area contributed by atoms with Gasteiger partial charge in [-0.15, -0.1) is 0 Å². The second-order valence-electron chi connectivity index (χ2n) is 6.76. The van der Waals surface area contributed by atoms with Crippen molar-refractivity contribution in [3.05, 3.63) is 17.5 Å². The largest absolute Gasteiger partial charge is 0.481 e. The van der Waals surface area contributed by atoms with E-state index in [9.17, 15) is 9.59 Å². The number of nitrogens with zero attached hydrogens (tertiary/aromatic N) is 2. The minimum absolute atomic E-state index is 0.106. The van der Waals surface area contributed by atoms with Gasteiger partial charge in [-0.2, -0.15) is 5.10 Å². The summed E-state index contributed by atoms with van der Waals surface area (Å²) in [6, 6.07) is 1.84. The molecule has 0 radical (unpaired) electrons. The molecule has 21 heavy (non-hydrogen) atoms. The molecule has 0 unspecified atom stereocenters. The fraction of sp³-hybridized carbons (Fsp3) is 0.667. The zero-order valence-corrected chi connectivity index (χ0v) is 13.0. The smallest absolute Gasteiger partial charge is 0.308 e. The maximum atomic E-state index is 12.1. The van der Waals surface area contributed by atoms with E-state index < -0.39 is 11.9 Å². The highest BCUT2D eigenvalue weighted by Gasteiger charge is 2.32. The summed E-state index contributed by atoms with van der Waals surface area (Å²) in [5.41, 5.74) is 1.29. The Kier molecular flexibility index (Phi) is 4.07. The van der Waals surface area contributed by atoms with Crippen molar-refractivity contribution in [2.75, 3.05) is 6.54 Å². The van der Waals surface area contributed by atoms with Gasteiger partial charge in [-0.25, -0.2) is 0 Å². The number of aromatic nitrogens is 2. The van der Waals surface area contributed by atoms with E-state index in [0.29, 0.717) is 11.6 Å². The van der Waals surface area contributed by atoms with Crippen LogP contribution in [0.1, 0.15) is 62.6 Å². The van der Waals surface area contributed by atoms with E-state index in [1.807, 2.05) is 10.7 Å². The molecular formula is C15H23N3O3. The SMILES string of the molecule is C[C@H](CNC(=O)c1cc(C2CC2)n(C(C)(C)C)n1)C(=O)O. The summed E-state index contributed by atoms with van der Waals surface area (Å²) in [7, 11) is 0. The lowest BCUT2D eigenvalue weighted by atomic mass is 10.1. The molecule has 1 amide bonds. The quantitative estimate of drug-likeness (QED) is 0.869. The fourth-order valence-electron chi connectivity index (χ4n) is 2.14. The molecule has 1 aliphatic carbocycles. The molecule has 116 valence electrons. The molecule has 0 aromatic carbocycles. The number of amides is 1. The summed E-state index contributed by atoms with van der Waals surface area (Å²) >= 11 is 0. The van der Waals surface area contributed by atoms with E-state index in [1.54, 1.807) is 6.92 Å². The Bertz CT molecular complexity index is 553. The number of hydrogen-bond acceptors (Lipinski definition) is 3. The van der Waals surface area contributed by atoms with Crippen molar-refractivity contribution < 1.29 is 14.7 Å². The molecule has 1 aromatic rings. The Balaban J connectivity index is 2.13. The summed E-state index contributed by atoms with van der Waals surface area (Å²) in [5.74, 6) is -1.35. The van der Waals surface area contributed by atoms with Crippen molar-refractivity contribution in [1.82, 2.24) is 15.1 Å². The second-order valence-corrected chi connectivity index (χ2v) is 6.76. The zero-order chi connectivity index (χ0) is 15.8. The number of carbonyl (C=O) groups excluding carboxylic acids is 1. The van der Waals surface area contributed by atoms with Gasteiger partial charge in [0.2, 0.25) is 0 Å². The van der Waals surface area contributed by atoms with Gasteiger partial charge in [0, 0.05) is 18.2 Å². The van der Waals surface area contributed by atoms with Gasteiger partial charge in [0.15, 0.2) is 0 Å². The molecule has 0 bridgehead atoms. The van der Waals surface area contributed by atoms with Crippen LogP contribution in [0.5, 0.6) is 0 Å². The zero-order valence-electron chi connectivity index (χ0n) is 13.0. The predicted octanol–water partition coefficient (Wildman–Crippen LogP) is 1.97. The normalized spacial score (nSPS) is 16.6. The summed E-state index contributed by atoms with van der Waals surface area (Å²) in [6.45, 7) is 7.83. The standard InChI is InChI=1S/C15H23N3O3/c1-9(14(20)21)8-16-13(19)11-7-12(10-5-6-10)18(17-11)15(2,3)4/h7,9-10H,5-6,8H2,1-4H3,(H,16,19)(H,20,21)/t9-/m1/s1. The van der Waals surface area contributed by atoms with Crippen LogP contribution in [0.2, 0.25) is 0 Å². The van der Waals surface area contributed by atoms with Crippen LogP contribution in [0.4, 0.5) is 0 Å². The average molecular weight is 293 g/mol. The average Bonchev–Trinajstić information content (AvgIpc) is 3.12. The third-order valence-electron chi connectivity index (χ3n) is 3.59. The molecule has 2 rings (SSSR count). The second kappa shape index (κ2) is 5.50. The topological polar surface area (TPSA) is 84.2 Å². The minimum Gasteiger partial charge on any atom is -0.481 e. The van der Waals surface area contributed by atoms with Crippen molar-refractivity contribution in [3.63, 3.8) is 0 Å². The maximum absolute atomic E-state index is 12.1. The van der Waals surface area contributed by atoms with Gasteiger partial charge in [-0.05, 0) is 39.7 Å². The summed E-state index contributed by atoms with van der Waals surface area (Å²) in [5, 5.41) is 15.9. The van der Waals surface area contributed by atoms with Gasteiger partial charge < -0.3 is 10.4 Å². The van der Waals surface area contributed by atoms with Crippen LogP contribution in [-0.4, -0.2) is 33.3 Å². The molecule has 6 heteroatoms. The third kappa shape index (κ3) is 3.62. The highest BCUT2D eigenvalue weighted by atomic mass is 16.4. The number of carbonyl (C=O) groups is 2. The number of carboxylic acid groups (broad SMARTS) is 1. The lowest BCUT2D eigenvalue weighted by Crippen LogP contribution is -2.32. The monoisotopic (exact) mass is 293 g/mol. The molecule has 1 fully saturated rings. The van der Waals surface area contributed by atoms with Crippen molar-refractivity contribution in [1.29, 1.82) is 0 Å². The van der Waals surface area contributed by atoms with Crippen LogP contribution in [0, 0.1) is 5.92 Å². The molecule has 2 N–H and O–H groups in total. The van der Waals surface area contributed by atoms with Gasteiger partial charge in [-0.1, -0.05) is 6.92 Å². The molecule has 1 atom stereocenters. The van der Waals surface area contributed by atoms with Crippen molar-refractivity contribution in [3.8, 4) is 0 Å². The van der Waals surface area contributed by atoms with Gasteiger partial charge in [0.1, 0.15) is 5.69 Å². The molecule has 1 saturated carbocycles. The first-order chi connectivity index (χ1) is 9.70. The molecule has 0 aliphatic heterocycles. The molecule has 1 aromatic heterocycles. The van der Waals surface area contributed by atoms with Crippen LogP contribution >= 0.6 is 0 Å². The highest BCUT2D eigenvalue weighted by molar-refractivity contribution is 5.92. The van der Waals surface area contributed by atoms with Crippen LogP contribution in [0.15, 0.2) is 6.07 Å². The number of hydrogen-bond donors (Lipinski definition) is 2. The third-order valence-corrected chi connectivity index (χ3v) is 3.59. The molecular weight excluding hydrogens is 270 g/mol. The Morgan fingerprint density at radius 2 is 2.10 bits per heavy atom. The highest BCUT2D eigenvalue weighted by Crippen LogP contribution is 2.41. The van der Waals surface area contributed by atoms with Crippen molar-refractivity contribution >= 4 is 11.9 Å². The van der Waals surface area contributed by atoms with Gasteiger partial charge >= 0.3 is 5.97 Å². The lowest BCUT2D eigenvalue weighted by molar-refractivity contribution is -0.140. The van der Waals surface area contributed by atoms with E-state index in [-0.39, 0.29) is 18.0 Å². The van der Waals surface area contributed by atoms with Crippen molar-refractivity contribution in [2.24, 2.45) is 5.92 Å². The fourth-order valence-corrected chi connectivity index (χ4v) is 2.14. The first-order valence-corrected chi connectivity index (χ1v) is 7.31. The molecule has 6 nitrogen and oxygen atoms in total. The number of nitrogens with one attached hydrogen (secondary N) is 1. The van der Waals surface area contributed by atoms with Crippen LogP contribution in [0.3, 0.4) is 0 Å². The first-order valence-electron chi connectivity index (χ1n) is 7.31. The Hall–Kier alpha value is -1.85. The molecule has 0 spiro atoms. The van der Waals surface area contributed by atoms with E-state index in [0.717, 1.165) is 18.5 Å². The number of aliphatic carboxylic acids is 1. The Morgan fingerprint density at radius 1 is 1.48 bits per heavy atom. The van der Waals surface area contributed by atoms with Crippen LogP contribution in [0.25, 0.3) is 0 Å². The first kappa shape index (κ1) is 15.5. The lowest BCUT2D eigenvalue weighted by Gasteiger charge is -2.22. The van der Waals surface area contributed by atoms with E-state index in [1.165, 1.54) is 0 Å². The minimum atomic E-state index is -0.922. The molecule has 0 saturated heterocycles. The number of carboxylic acids is 1. The Morgan fingerprint density at radius 3 is 2.57 bits per heavy atom. The Labute approximate surface area is 124 Å². The van der Waals surface area contributed by atoms with Crippen LogP contribution in [-0.2, 0) is 10.3 Å². The molecule has 1 heterocycles. The van der Waals surface area contributed by atoms with E-state index in [4.69, 9.17) is 5.11 Å². The summed E-state index contributed by atoms with van der Waals surface area (Å²) < 4.78 is 1.92. The summed E-state index contributed by atoms with van der Waals surface area (Å²) in [6.07, 6.45) is 2.28. The van der Waals surface area contributed by atoms with Gasteiger partial charge in [0.05, 0.1) is 11.5 Å². The van der Waals surface area contributed by atoms with Crippen LogP contribution < -0.4 is 5.32 Å². The van der Waals surface area contributed by atoms with E-state index in [2.05, 4.69) is 31.2 Å².